The summed E-state index contributed by atoms with van der Waals surface area (Å²) in [6.45, 7) is 3.81. The number of aliphatic hydroxyl groups is 1. The third-order valence-electron chi connectivity index (χ3n) is 3.36. The van der Waals surface area contributed by atoms with Crippen molar-refractivity contribution in [3.8, 4) is 0 Å². The van der Waals surface area contributed by atoms with Crippen LogP contribution in [0.1, 0.15) is 46.0 Å². The first-order valence-electron chi connectivity index (χ1n) is 6.08. The van der Waals surface area contributed by atoms with Crippen molar-refractivity contribution in [2.75, 3.05) is 6.54 Å². The average Bonchev–Trinajstić information content (AvgIpc) is 2.40. The number of carboxylic acid groups (broad SMARTS) is 1. The molecule has 0 aromatic heterocycles. The zero-order valence-corrected chi connectivity index (χ0v) is 10.2. The van der Waals surface area contributed by atoms with Crippen molar-refractivity contribution in [2.24, 2.45) is 5.41 Å². The molecular weight excluding hydrogens is 206 g/mol. The van der Waals surface area contributed by atoms with Crippen molar-refractivity contribution >= 4 is 5.97 Å². The van der Waals surface area contributed by atoms with Crippen molar-refractivity contribution in [3.05, 3.63) is 0 Å². The lowest BCUT2D eigenvalue weighted by Gasteiger charge is -2.27. The van der Waals surface area contributed by atoms with Crippen LogP contribution in [0, 0.1) is 5.41 Å². The molecule has 0 aromatic carbocycles. The van der Waals surface area contributed by atoms with Crippen molar-refractivity contribution in [3.63, 3.8) is 0 Å². The number of hydrogen-bond donors (Lipinski definition) is 3. The lowest BCUT2D eigenvalue weighted by molar-refractivity contribution is -0.146. The minimum atomic E-state index is -0.803. The van der Waals surface area contributed by atoms with E-state index in [2.05, 4.69) is 5.32 Å². The van der Waals surface area contributed by atoms with E-state index < -0.39 is 11.4 Å². The molecule has 0 heterocycles. The van der Waals surface area contributed by atoms with Gasteiger partial charge in [0.15, 0.2) is 0 Å². The third-order valence-corrected chi connectivity index (χ3v) is 3.36. The van der Waals surface area contributed by atoms with Crippen LogP contribution >= 0.6 is 0 Å². The van der Waals surface area contributed by atoms with Crippen molar-refractivity contribution in [1.29, 1.82) is 0 Å². The summed E-state index contributed by atoms with van der Waals surface area (Å²) in [5.74, 6) is -0.803. The van der Waals surface area contributed by atoms with E-state index in [0.717, 1.165) is 32.1 Å². The zero-order chi connectivity index (χ0) is 12.2. The topological polar surface area (TPSA) is 69.6 Å². The molecule has 4 nitrogen and oxygen atoms in total. The summed E-state index contributed by atoms with van der Waals surface area (Å²) in [7, 11) is 0. The zero-order valence-electron chi connectivity index (χ0n) is 10.2. The van der Waals surface area contributed by atoms with E-state index in [-0.39, 0.29) is 12.1 Å². The standard InChI is InChI=1S/C12H23NO3/c1-12(2,11(15)16)8-13-9-6-4-3-5-7-10(9)14/h9-10,13-14H,3-8H2,1-2H3,(H,15,16). The van der Waals surface area contributed by atoms with Crippen LogP contribution < -0.4 is 5.32 Å². The molecule has 1 saturated carbocycles. The second kappa shape index (κ2) is 5.64. The number of nitrogens with one attached hydrogen (secondary N) is 1. The van der Waals surface area contributed by atoms with Gasteiger partial charge in [-0.15, -0.1) is 0 Å². The van der Waals surface area contributed by atoms with E-state index in [9.17, 15) is 9.90 Å². The van der Waals surface area contributed by atoms with E-state index in [0.29, 0.717) is 6.54 Å². The smallest absolute Gasteiger partial charge is 0.310 e. The molecule has 0 radical (unpaired) electrons. The second-order valence-electron chi connectivity index (χ2n) is 5.38. The molecule has 16 heavy (non-hydrogen) atoms. The van der Waals surface area contributed by atoms with Crippen molar-refractivity contribution in [1.82, 2.24) is 5.32 Å². The Morgan fingerprint density at radius 2 is 1.94 bits per heavy atom. The molecule has 0 aliphatic heterocycles. The second-order valence-corrected chi connectivity index (χ2v) is 5.38. The summed E-state index contributed by atoms with van der Waals surface area (Å²) in [5, 5.41) is 22.1. The van der Waals surface area contributed by atoms with Gasteiger partial charge in [-0.2, -0.15) is 0 Å². The fourth-order valence-electron chi connectivity index (χ4n) is 1.99. The molecule has 0 saturated heterocycles. The minimum Gasteiger partial charge on any atom is -0.481 e. The van der Waals surface area contributed by atoms with Crippen LogP contribution in [-0.2, 0) is 4.79 Å². The maximum atomic E-state index is 10.9. The average molecular weight is 229 g/mol. The molecule has 1 rings (SSSR count). The Morgan fingerprint density at radius 3 is 2.56 bits per heavy atom. The predicted molar refractivity (Wildman–Crippen MR) is 62.3 cm³/mol. The Hall–Kier alpha value is -0.610. The van der Waals surface area contributed by atoms with Gasteiger partial charge in [-0.25, -0.2) is 0 Å². The Morgan fingerprint density at radius 1 is 1.31 bits per heavy atom. The maximum absolute atomic E-state index is 10.9. The molecule has 0 amide bonds. The van der Waals surface area contributed by atoms with Gasteiger partial charge in [-0.1, -0.05) is 19.3 Å². The Labute approximate surface area is 97.0 Å². The number of carbonyl (C=O) groups is 1. The van der Waals surface area contributed by atoms with Crippen LogP contribution in [-0.4, -0.2) is 34.9 Å². The molecule has 1 aliphatic rings. The number of rotatable bonds is 4. The minimum absolute atomic E-state index is 0.0566. The number of aliphatic hydroxyl groups excluding tert-OH is 1. The van der Waals surface area contributed by atoms with Gasteiger partial charge in [0.2, 0.25) is 0 Å². The molecule has 2 atom stereocenters. The normalized spacial score (nSPS) is 27.4. The van der Waals surface area contributed by atoms with Gasteiger partial charge in [0, 0.05) is 12.6 Å². The SMILES string of the molecule is CC(C)(CNC1CCCCCC1O)C(=O)O. The summed E-state index contributed by atoms with van der Waals surface area (Å²) in [6.07, 6.45) is 4.79. The van der Waals surface area contributed by atoms with Gasteiger partial charge < -0.3 is 15.5 Å². The quantitative estimate of drug-likeness (QED) is 0.637. The lowest BCUT2D eigenvalue weighted by Crippen LogP contribution is -2.45. The fraction of sp³-hybridized carbons (Fsp3) is 0.917. The van der Waals surface area contributed by atoms with Gasteiger partial charge in [-0.3, -0.25) is 4.79 Å². The molecule has 4 heteroatoms. The summed E-state index contributed by atoms with van der Waals surface area (Å²) in [4.78, 5) is 10.9. The molecule has 0 aromatic rings. The molecule has 2 unspecified atom stereocenters. The molecule has 94 valence electrons. The van der Waals surface area contributed by atoms with E-state index in [1.165, 1.54) is 0 Å². The van der Waals surface area contributed by atoms with Gasteiger partial charge in [-0.05, 0) is 26.7 Å². The first-order valence-corrected chi connectivity index (χ1v) is 6.08. The van der Waals surface area contributed by atoms with Crippen molar-refractivity contribution in [2.45, 2.75) is 58.1 Å². The van der Waals surface area contributed by atoms with E-state index in [1.807, 2.05) is 0 Å². The van der Waals surface area contributed by atoms with Crippen molar-refractivity contribution < 1.29 is 15.0 Å². The largest absolute Gasteiger partial charge is 0.481 e. The summed E-state index contributed by atoms with van der Waals surface area (Å²) < 4.78 is 0. The van der Waals surface area contributed by atoms with E-state index in [1.54, 1.807) is 13.8 Å². The van der Waals surface area contributed by atoms with Gasteiger partial charge in [0.25, 0.3) is 0 Å². The Bertz CT molecular complexity index is 240. The highest BCUT2D eigenvalue weighted by atomic mass is 16.4. The molecular formula is C12H23NO3. The Kier molecular flexibility index (Phi) is 4.74. The number of carboxylic acids is 1. The first-order chi connectivity index (χ1) is 7.43. The van der Waals surface area contributed by atoms with E-state index in [4.69, 9.17) is 5.11 Å². The number of hydrogen-bond acceptors (Lipinski definition) is 3. The molecule has 3 N–H and O–H groups in total. The summed E-state index contributed by atoms with van der Waals surface area (Å²) >= 11 is 0. The van der Waals surface area contributed by atoms with Gasteiger partial charge in [0.1, 0.15) is 0 Å². The number of aliphatic carboxylic acids is 1. The third kappa shape index (κ3) is 3.76. The monoisotopic (exact) mass is 229 g/mol. The van der Waals surface area contributed by atoms with Crippen LogP contribution in [0.15, 0.2) is 0 Å². The maximum Gasteiger partial charge on any atom is 0.310 e. The molecule has 1 aliphatic carbocycles. The highest BCUT2D eigenvalue weighted by molar-refractivity contribution is 5.73. The molecule has 0 spiro atoms. The van der Waals surface area contributed by atoms with Gasteiger partial charge >= 0.3 is 5.97 Å². The van der Waals surface area contributed by atoms with Crippen LogP contribution in [0.4, 0.5) is 0 Å². The highest BCUT2D eigenvalue weighted by Gasteiger charge is 2.29. The highest BCUT2D eigenvalue weighted by Crippen LogP contribution is 2.20. The summed E-state index contributed by atoms with van der Waals surface area (Å²) in [6, 6.07) is 0.0566. The molecule has 1 fully saturated rings. The molecule has 0 bridgehead atoms. The fourth-order valence-corrected chi connectivity index (χ4v) is 1.99. The predicted octanol–water partition coefficient (Wildman–Crippen LogP) is 1.38. The lowest BCUT2D eigenvalue weighted by atomic mass is 9.93. The first kappa shape index (κ1) is 13.5. The van der Waals surface area contributed by atoms with Crippen LogP contribution in [0.2, 0.25) is 0 Å². The van der Waals surface area contributed by atoms with Gasteiger partial charge in [0.05, 0.1) is 11.5 Å². The van der Waals surface area contributed by atoms with E-state index >= 15 is 0 Å². The van der Waals surface area contributed by atoms with Crippen LogP contribution in [0.25, 0.3) is 0 Å². The Balaban J connectivity index is 2.43. The van der Waals surface area contributed by atoms with Crippen LogP contribution in [0.5, 0.6) is 0 Å². The van der Waals surface area contributed by atoms with Crippen LogP contribution in [0.3, 0.4) is 0 Å². The summed E-state index contributed by atoms with van der Waals surface area (Å²) in [5.41, 5.74) is -0.772.